The van der Waals surface area contributed by atoms with Gasteiger partial charge in [0.1, 0.15) is 0 Å². The van der Waals surface area contributed by atoms with Crippen LogP contribution < -0.4 is 0 Å². The van der Waals surface area contributed by atoms with Crippen molar-refractivity contribution in [2.24, 2.45) is 16.7 Å². The SMILES string of the molecule is CC(C)(C)C(CCCC(=O)O)C(C)(C)C. The van der Waals surface area contributed by atoms with Crippen LogP contribution in [0.25, 0.3) is 0 Å². The van der Waals surface area contributed by atoms with Crippen LogP contribution in [-0.4, -0.2) is 11.1 Å². The van der Waals surface area contributed by atoms with E-state index in [1.54, 1.807) is 0 Å². The molecular weight excluding hydrogens is 188 g/mol. The van der Waals surface area contributed by atoms with E-state index in [-0.39, 0.29) is 10.8 Å². The van der Waals surface area contributed by atoms with E-state index >= 15 is 0 Å². The molecule has 0 saturated heterocycles. The lowest BCUT2D eigenvalue weighted by molar-refractivity contribution is -0.137. The summed E-state index contributed by atoms with van der Waals surface area (Å²) in [4.78, 5) is 10.5. The van der Waals surface area contributed by atoms with Crippen molar-refractivity contribution >= 4 is 5.97 Å². The Balaban J connectivity index is 4.35. The minimum atomic E-state index is -0.684. The Morgan fingerprint density at radius 3 is 1.73 bits per heavy atom. The molecule has 2 heteroatoms. The molecule has 0 saturated carbocycles. The summed E-state index contributed by atoms with van der Waals surface area (Å²) in [6.07, 6.45) is 2.08. The topological polar surface area (TPSA) is 37.3 Å². The zero-order valence-electron chi connectivity index (χ0n) is 11.1. The summed E-state index contributed by atoms with van der Waals surface area (Å²) in [5.41, 5.74) is 0.494. The van der Waals surface area contributed by atoms with E-state index < -0.39 is 5.97 Å². The van der Waals surface area contributed by atoms with E-state index in [1.807, 2.05) is 0 Å². The second-order valence-corrected chi connectivity index (χ2v) is 6.57. The van der Waals surface area contributed by atoms with Crippen LogP contribution in [0.3, 0.4) is 0 Å². The van der Waals surface area contributed by atoms with Gasteiger partial charge in [-0.1, -0.05) is 41.5 Å². The molecule has 1 N–H and O–H groups in total. The molecular formula is C13H26O2. The molecule has 0 bridgehead atoms. The van der Waals surface area contributed by atoms with Crippen LogP contribution in [0.5, 0.6) is 0 Å². The van der Waals surface area contributed by atoms with E-state index in [1.165, 1.54) is 0 Å². The molecule has 0 aromatic rings. The van der Waals surface area contributed by atoms with Crippen LogP contribution in [0.15, 0.2) is 0 Å². The van der Waals surface area contributed by atoms with Crippen LogP contribution in [0.4, 0.5) is 0 Å². The van der Waals surface area contributed by atoms with Crippen molar-refractivity contribution in [3.63, 3.8) is 0 Å². The molecule has 0 heterocycles. The first kappa shape index (κ1) is 14.5. The molecule has 0 unspecified atom stereocenters. The Bertz CT molecular complexity index is 192. The highest BCUT2D eigenvalue weighted by Gasteiger charge is 2.34. The highest BCUT2D eigenvalue weighted by Crippen LogP contribution is 2.42. The fraction of sp³-hybridized carbons (Fsp3) is 0.923. The normalized spacial score (nSPS) is 13.3. The molecule has 0 amide bonds. The standard InChI is InChI=1S/C13H26O2/c1-12(2,3)10(13(4,5)6)8-7-9-11(14)15/h10H,7-9H2,1-6H3,(H,14,15). The second-order valence-electron chi connectivity index (χ2n) is 6.57. The van der Waals surface area contributed by atoms with Crippen molar-refractivity contribution in [1.82, 2.24) is 0 Å². The zero-order valence-corrected chi connectivity index (χ0v) is 11.1. The van der Waals surface area contributed by atoms with Crippen molar-refractivity contribution < 1.29 is 9.90 Å². The maximum atomic E-state index is 10.5. The minimum Gasteiger partial charge on any atom is -0.481 e. The quantitative estimate of drug-likeness (QED) is 0.769. The smallest absolute Gasteiger partial charge is 0.303 e. The molecule has 0 radical (unpaired) electrons. The van der Waals surface area contributed by atoms with Crippen molar-refractivity contribution in [1.29, 1.82) is 0 Å². The van der Waals surface area contributed by atoms with E-state index in [0.29, 0.717) is 12.3 Å². The number of hydrogen-bond donors (Lipinski definition) is 1. The lowest BCUT2D eigenvalue weighted by Gasteiger charge is -2.41. The lowest BCUT2D eigenvalue weighted by Crippen LogP contribution is -2.32. The number of hydrogen-bond acceptors (Lipinski definition) is 1. The van der Waals surface area contributed by atoms with E-state index in [0.717, 1.165) is 12.8 Å². The molecule has 0 rings (SSSR count). The Morgan fingerprint density at radius 1 is 1.07 bits per heavy atom. The molecule has 0 fully saturated rings. The minimum absolute atomic E-state index is 0.247. The molecule has 15 heavy (non-hydrogen) atoms. The maximum absolute atomic E-state index is 10.5. The summed E-state index contributed by atoms with van der Waals surface area (Å²) >= 11 is 0. The predicted octanol–water partition coefficient (Wildman–Crippen LogP) is 3.95. The van der Waals surface area contributed by atoms with E-state index in [9.17, 15) is 4.79 Å². The molecule has 0 aliphatic heterocycles. The van der Waals surface area contributed by atoms with Gasteiger partial charge in [0.25, 0.3) is 0 Å². The number of carboxylic acid groups (broad SMARTS) is 1. The fourth-order valence-electron chi connectivity index (χ4n) is 2.62. The fourth-order valence-corrected chi connectivity index (χ4v) is 2.62. The third-order valence-electron chi connectivity index (χ3n) is 2.97. The first-order valence-electron chi connectivity index (χ1n) is 5.77. The van der Waals surface area contributed by atoms with Gasteiger partial charge in [-0.3, -0.25) is 4.79 Å². The number of aliphatic carboxylic acids is 1. The molecule has 0 spiro atoms. The summed E-state index contributed by atoms with van der Waals surface area (Å²) in [6, 6.07) is 0. The van der Waals surface area contributed by atoms with Gasteiger partial charge in [0.2, 0.25) is 0 Å². The Hall–Kier alpha value is -0.530. The number of rotatable bonds is 4. The van der Waals surface area contributed by atoms with Gasteiger partial charge >= 0.3 is 5.97 Å². The second kappa shape index (κ2) is 5.00. The van der Waals surface area contributed by atoms with Gasteiger partial charge in [0.15, 0.2) is 0 Å². The highest BCUT2D eigenvalue weighted by molar-refractivity contribution is 5.66. The molecule has 0 aliphatic carbocycles. The summed E-state index contributed by atoms with van der Waals surface area (Å²) in [5, 5.41) is 8.63. The Kier molecular flexibility index (Phi) is 4.82. The zero-order chi connectivity index (χ0) is 12.3. The first-order valence-corrected chi connectivity index (χ1v) is 5.77. The van der Waals surface area contributed by atoms with Crippen molar-refractivity contribution in [3.8, 4) is 0 Å². The van der Waals surface area contributed by atoms with E-state index in [4.69, 9.17) is 5.11 Å². The lowest BCUT2D eigenvalue weighted by atomic mass is 9.65. The van der Waals surface area contributed by atoms with Crippen molar-refractivity contribution in [2.75, 3.05) is 0 Å². The largest absolute Gasteiger partial charge is 0.481 e. The van der Waals surface area contributed by atoms with Crippen molar-refractivity contribution in [3.05, 3.63) is 0 Å². The van der Waals surface area contributed by atoms with Crippen LogP contribution in [0, 0.1) is 16.7 Å². The summed E-state index contributed by atoms with van der Waals surface area (Å²) in [5.74, 6) is -0.124. The molecule has 0 aromatic heterocycles. The van der Waals surface area contributed by atoms with Crippen LogP contribution in [0.1, 0.15) is 60.8 Å². The molecule has 0 aromatic carbocycles. The summed E-state index contributed by atoms with van der Waals surface area (Å²) in [7, 11) is 0. The summed E-state index contributed by atoms with van der Waals surface area (Å²) in [6.45, 7) is 13.4. The first-order chi connectivity index (χ1) is 6.55. The molecule has 2 nitrogen and oxygen atoms in total. The number of carbonyl (C=O) groups is 1. The van der Waals surface area contributed by atoms with Gasteiger partial charge in [-0.15, -0.1) is 0 Å². The molecule has 90 valence electrons. The highest BCUT2D eigenvalue weighted by atomic mass is 16.4. The van der Waals surface area contributed by atoms with Gasteiger partial charge < -0.3 is 5.11 Å². The van der Waals surface area contributed by atoms with Gasteiger partial charge in [-0.2, -0.15) is 0 Å². The van der Waals surface area contributed by atoms with Crippen LogP contribution in [0.2, 0.25) is 0 Å². The van der Waals surface area contributed by atoms with Crippen molar-refractivity contribution in [2.45, 2.75) is 60.8 Å². The van der Waals surface area contributed by atoms with Crippen LogP contribution in [-0.2, 0) is 4.79 Å². The Morgan fingerprint density at radius 2 is 1.47 bits per heavy atom. The molecule has 0 aliphatic rings. The Labute approximate surface area is 94.1 Å². The summed E-state index contributed by atoms with van der Waals surface area (Å²) < 4.78 is 0. The van der Waals surface area contributed by atoms with Gasteiger partial charge in [0.05, 0.1) is 0 Å². The number of carboxylic acids is 1. The maximum Gasteiger partial charge on any atom is 0.303 e. The van der Waals surface area contributed by atoms with E-state index in [2.05, 4.69) is 41.5 Å². The monoisotopic (exact) mass is 214 g/mol. The third kappa shape index (κ3) is 5.81. The third-order valence-corrected chi connectivity index (χ3v) is 2.97. The average Bonchev–Trinajstić information content (AvgIpc) is 1.92. The predicted molar refractivity (Wildman–Crippen MR) is 63.9 cm³/mol. The van der Waals surface area contributed by atoms with Gasteiger partial charge in [0, 0.05) is 6.42 Å². The van der Waals surface area contributed by atoms with Gasteiger partial charge in [-0.25, -0.2) is 0 Å². The molecule has 0 atom stereocenters. The van der Waals surface area contributed by atoms with Crippen LogP contribution >= 0.6 is 0 Å². The average molecular weight is 214 g/mol. The van der Waals surface area contributed by atoms with Gasteiger partial charge in [-0.05, 0) is 29.6 Å².